The van der Waals surface area contributed by atoms with Crippen LogP contribution in [0.25, 0.3) is 11.0 Å². The van der Waals surface area contributed by atoms with Crippen molar-refractivity contribution in [1.82, 2.24) is 19.9 Å². The normalized spacial score (nSPS) is 17.3. The van der Waals surface area contributed by atoms with Gasteiger partial charge in [0.1, 0.15) is 17.8 Å². The molecule has 3 aromatic rings. The molecule has 0 radical (unpaired) electrons. The smallest absolute Gasteiger partial charge is 0.256 e. The first-order valence-corrected chi connectivity index (χ1v) is 12.6. The van der Waals surface area contributed by atoms with Gasteiger partial charge < -0.3 is 25.8 Å². The molecule has 3 heterocycles. The van der Waals surface area contributed by atoms with E-state index in [2.05, 4.69) is 29.6 Å². The third kappa shape index (κ3) is 4.81. The summed E-state index contributed by atoms with van der Waals surface area (Å²) in [5, 5.41) is 4.07. The molecule has 1 aliphatic rings. The number of hydrogen-bond acceptors (Lipinski definition) is 6. The van der Waals surface area contributed by atoms with Gasteiger partial charge in [0.05, 0.1) is 11.1 Å². The number of anilines is 2. The highest BCUT2D eigenvalue weighted by Crippen LogP contribution is 2.28. The molecular weight excluding hydrogens is 456 g/mol. The summed E-state index contributed by atoms with van der Waals surface area (Å²) in [5.74, 6) is 0.360. The van der Waals surface area contributed by atoms with E-state index < -0.39 is 15.9 Å². The summed E-state index contributed by atoms with van der Waals surface area (Å²) in [4.78, 5) is 27.7. The van der Waals surface area contributed by atoms with Gasteiger partial charge in [0.25, 0.3) is 10.0 Å². The van der Waals surface area contributed by atoms with Crippen LogP contribution in [0.5, 0.6) is 0 Å². The van der Waals surface area contributed by atoms with Gasteiger partial charge in [-0.3, -0.25) is 4.79 Å². The van der Waals surface area contributed by atoms with Crippen LogP contribution in [-0.4, -0.2) is 71.6 Å². The fourth-order valence-electron chi connectivity index (χ4n) is 4.02. The van der Waals surface area contributed by atoms with E-state index in [9.17, 15) is 13.2 Å². The van der Waals surface area contributed by atoms with Crippen molar-refractivity contribution in [1.29, 1.82) is 0 Å². The number of carbonyl (C=O) groups is 1. The topological polar surface area (TPSA) is 150 Å². The Kier molecular flexibility index (Phi) is 6.42. The first-order chi connectivity index (χ1) is 16.2. The van der Waals surface area contributed by atoms with Crippen molar-refractivity contribution >= 4 is 44.4 Å². The highest BCUT2D eigenvalue weighted by molar-refractivity contribution is 7.90. The van der Waals surface area contributed by atoms with Gasteiger partial charge in [-0.1, -0.05) is 6.07 Å². The number of sulfonamides is 1. The van der Waals surface area contributed by atoms with E-state index in [1.807, 2.05) is 24.9 Å². The number of guanidine groups is 1. The number of nitrogens with one attached hydrogen (secondary N) is 2. The number of nitrogens with zero attached hydrogens (tertiary/aromatic N) is 5. The number of benzene rings is 1. The number of fused-ring (bicyclic) bond motifs is 1. The van der Waals surface area contributed by atoms with Crippen LogP contribution in [0.1, 0.15) is 29.8 Å². The molecule has 1 saturated heterocycles. The molecule has 12 heteroatoms. The molecular formula is C22H28N8O3S. The number of carbonyl (C=O) groups excluding carboxylic acids is 1. The van der Waals surface area contributed by atoms with Crippen LogP contribution in [0.4, 0.5) is 11.5 Å². The molecule has 4 N–H and O–H groups in total. The average molecular weight is 485 g/mol. The van der Waals surface area contributed by atoms with Crippen molar-refractivity contribution in [3.05, 3.63) is 47.9 Å². The Hall–Kier alpha value is -3.67. The maximum absolute atomic E-state index is 12.4. The van der Waals surface area contributed by atoms with Gasteiger partial charge in [0.2, 0.25) is 11.9 Å². The second-order valence-corrected chi connectivity index (χ2v) is 10.2. The lowest BCUT2D eigenvalue weighted by Crippen LogP contribution is -2.56. The van der Waals surface area contributed by atoms with E-state index in [1.54, 1.807) is 37.5 Å². The largest absolute Gasteiger partial charge is 0.366 e. The Morgan fingerprint density at radius 1 is 1.32 bits per heavy atom. The Morgan fingerprint density at radius 2 is 2.12 bits per heavy atom. The van der Waals surface area contributed by atoms with Crippen molar-refractivity contribution in [2.45, 2.75) is 26.8 Å². The molecule has 1 aliphatic heterocycles. The van der Waals surface area contributed by atoms with E-state index in [0.717, 1.165) is 22.4 Å². The van der Waals surface area contributed by atoms with Crippen LogP contribution in [-0.2, 0) is 10.0 Å². The molecule has 1 amide bonds. The molecule has 0 aliphatic carbocycles. The third-order valence-electron chi connectivity index (χ3n) is 5.84. The molecule has 1 fully saturated rings. The van der Waals surface area contributed by atoms with Gasteiger partial charge in [-0.15, -0.1) is 4.40 Å². The number of piperazine rings is 1. The number of aryl methyl sites for hydroxylation is 1. The molecule has 1 aromatic carbocycles. The molecule has 34 heavy (non-hydrogen) atoms. The zero-order chi connectivity index (χ0) is 24.5. The number of amides is 1. The van der Waals surface area contributed by atoms with E-state index in [0.29, 0.717) is 30.9 Å². The first kappa shape index (κ1) is 23.5. The zero-order valence-electron chi connectivity index (χ0n) is 19.3. The number of primary amides is 1. The molecule has 11 nitrogen and oxygen atoms in total. The Balaban J connectivity index is 1.62. The van der Waals surface area contributed by atoms with Crippen molar-refractivity contribution in [3.8, 4) is 0 Å². The molecule has 0 bridgehead atoms. The number of nitrogens with two attached hydrogens (primary N) is 1. The van der Waals surface area contributed by atoms with Gasteiger partial charge in [0.15, 0.2) is 0 Å². The molecule has 0 unspecified atom stereocenters. The van der Waals surface area contributed by atoms with E-state index in [1.165, 1.54) is 0 Å². The second-order valence-electron chi connectivity index (χ2n) is 8.24. The molecule has 1 atom stereocenters. The lowest BCUT2D eigenvalue weighted by atomic mass is 10.1. The lowest BCUT2D eigenvalue weighted by Gasteiger charge is -2.42. The molecule has 180 valence electrons. The minimum Gasteiger partial charge on any atom is -0.366 e. The van der Waals surface area contributed by atoms with Gasteiger partial charge in [-0.25, -0.2) is 18.4 Å². The number of hydrogen-bond donors (Lipinski definition) is 3. The maximum Gasteiger partial charge on any atom is 0.256 e. The Labute approximate surface area is 198 Å². The minimum absolute atomic E-state index is 0.0874. The second kappa shape index (κ2) is 9.29. The monoisotopic (exact) mass is 484 g/mol. The quantitative estimate of drug-likeness (QED) is 0.366. The maximum atomic E-state index is 12.4. The molecule has 2 aromatic heterocycles. The fraction of sp³-hybridized carbons (Fsp3) is 0.364. The van der Waals surface area contributed by atoms with Crippen molar-refractivity contribution in [2.75, 3.05) is 35.6 Å². The van der Waals surface area contributed by atoms with Crippen LogP contribution < -0.4 is 16.0 Å². The van der Waals surface area contributed by atoms with E-state index >= 15 is 0 Å². The number of aromatic amines is 1. The SMILES string of the molecule is CCS(=O)(=O)/N=C(\Nc1cccc(C(N)=O)c1)N1CCN(c2ncnc3[nH]cc(C)c23)C[C@@H]1C. The number of aromatic nitrogens is 3. The summed E-state index contributed by atoms with van der Waals surface area (Å²) in [6.07, 6.45) is 3.45. The molecule has 0 spiro atoms. The highest BCUT2D eigenvalue weighted by Gasteiger charge is 2.29. The molecule has 4 rings (SSSR count). The predicted molar refractivity (Wildman–Crippen MR) is 132 cm³/mol. The Morgan fingerprint density at radius 3 is 2.82 bits per heavy atom. The van der Waals surface area contributed by atoms with Gasteiger partial charge in [0, 0.05) is 43.1 Å². The Bertz CT molecular complexity index is 1350. The summed E-state index contributed by atoms with van der Waals surface area (Å²) < 4.78 is 28.9. The fourth-order valence-corrected chi connectivity index (χ4v) is 4.57. The van der Waals surface area contributed by atoms with Crippen molar-refractivity contribution in [2.24, 2.45) is 10.1 Å². The van der Waals surface area contributed by atoms with Crippen LogP contribution in [0.3, 0.4) is 0 Å². The first-order valence-electron chi connectivity index (χ1n) is 11.0. The van der Waals surface area contributed by atoms with Crippen LogP contribution in [0, 0.1) is 6.92 Å². The molecule has 0 saturated carbocycles. The number of H-pyrrole nitrogens is 1. The summed E-state index contributed by atoms with van der Waals surface area (Å²) in [6, 6.07) is 6.49. The summed E-state index contributed by atoms with van der Waals surface area (Å²) in [5.41, 5.74) is 8.08. The minimum atomic E-state index is -3.68. The van der Waals surface area contributed by atoms with Crippen LogP contribution >= 0.6 is 0 Å². The van der Waals surface area contributed by atoms with Gasteiger partial charge >= 0.3 is 0 Å². The van der Waals surface area contributed by atoms with E-state index in [-0.39, 0.29) is 17.8 Å². The third-order valence-corrected chi connectivity index (χ3v) is 7.02. The van der Waals surface area contributed by atoms with Crippen molar-refractivity contribution in [3.63, 3.8) is 0 Å². The van der Waals surface area contributed by atoms with Gasteiger partial charge in [-0.05, 0) is 44.5 Å². The van der Waals surface area contributed by atoms with Gasteiger partial charge in [-0.2, -0.15) is 0 Å². The highest BCUT2D eigenvalue weighted by atomic mass is 32.2. The summed E-state index contributed by atoms with van der Waals surface area (Å²) in [7, 11) is -3.68. The average Bonchev–Trinajstić information content (AvgIpc) is 3.19. The van der Waals surface area contributed by atoms with E-state index in [4.69, 9.17) is 5.73 Å². The lowest BCUT2D eigenvalue weighted by molar-refractivity contribution is 0.100. The number of rotatable bonds is 5. The zero-order valence-corrected chi connectivity index (χ0v) is 20.1. The van der Waals surface area contributed by atoms with Crippen LogP contribution in [0.15, 0.2) is 41.2 Å². The summed E-state index contributed by atoms with van der Waals surface area (Å²) >= 11 is 0. The summed E-state index contributed by atoms with van der Waals surface area (Å²) in [6.45, 7) is 7.28. The predicted octanol–water partition coefficient (Wildman–Crippen LogP) is 1.69. The van der Waals surface area contributed by atoms with Crippen molar-refractivity contribution < 1.29 is 13.2 Å². The van der Waals surface area contributed by atoms with Crippen LogP contribution in [0.2, 0.25) is 0 Å². The standard InChI is InChI=1S/C22H28N8O3S/c1-4-34(32,33)28-22(27-17-7-5-6-16(10-17)19(23)31)30-9-8-29(12-15(30)3)21-18-14(2)11-24-20(18)25-13-26-21/h5-7,10-11,13,15H,4,8-9,12H2,1-3H3,(H2,23,31)(H,27,28)(H,24,25,26)/t15-/m0/s1.